The van der Waals surface area contributed by atoms with Crippen molar-refractivity contribution < 1.29 is 0 Å². The van der Waals surface area contributed by atoms with E-state index in [0.717, 1.165) is 0 Å². The van der Waals surface area contributed by atoms with Gasteiger partial charge < -0.3 is 0 Å². The summed E-state index contributed by atoms with van der Waals surface area (Å²) in [6.45, 7) is 0. The molecule has 4 aromatic heterocycles. The second-order valence-electron chi connectivity index (χ2n) is 4.18. The molecule has 100 valence electrons. The van der Waals surface area contributed by atoms with Crippen molar-refractivity contribution >= 4 is 99.9 Å². The molecule has 6 heteroatoms. The lowest BCUT2D eigenvalue weighted by Crippen LogP contribution is -1.70. The average Bonchev–Trinajstić information content (AvgIpc) is 3.13. The summed E-state index contributed by atoms with van der Waals surface area (Å²) in [5.74, 6) is 0. The van der Waals surface area contributed by atoms with Gasteiger partial charge in [0.05, 0.1) is 15.2 Å². The highest BCUT2D eigenvalue weighted by Crippen LogP contribution is 2.50. The normalized spacial score (nSPS) is 11.5. The molecule has 4 aromatic rings. The monoisotopic (exact) mass is 556 g/mol. The minimum Gasteiger partial charge on any atom is -0.152 e. The summed E-state index contributed by atoms with van der Waals surface area (Å²) in [6, 6.07) is 4.45. The summed E-state index contributed by atoms with van der Waals surface area (Å²) < 4.78 is 5.69. The molecule has 0 saturated carbocycles. The molecule has 0 fully saturated rings. The summed E-state index contributed by atoms with van der Waals surface area (Å²) in [5, 5.41) is 8.82. The van der Waals surface area contributed by atoms with Crippen LogP contribution < -0.4 is 0 Å². The van der Waals surface area contributed by atoms with Crippen LogP contribution in [-0.4, -0.2) is 0 Å². The Morgan fingerprint density at radius 2 is 1.15 bits per heavy atom. The first-order valence-electron chi connectivity index (χ1n) is 5.71. The topological polar surface area (TPSA) is 0 Å². The predicted molar refractivity (Wildman–Crippen MR) is 112 cm³/mol. The highest BCUT2D eigenvalue weighted by Gasteiger charge is 2.21. The van der Waals surface area contributed by atoms with Gasteiger partial charge in [-0.2, -0.15) is 22.7 Å². The minimum absolute atomic E-state index is 1.36. The summed E-state index contributed by atoms with van der Waals surface area (Å²) in [7, 11) is 0. The van der Waals surface area contributed by atoms with E-state index in [1.165, 1.54) is 37.4 Å². The van der Waals surface area contributed by atoms with Gasteiger partial charge in [0.25, 0.3) is 0 Å². The van der Waals surface area contributed by atoms with Crippen molar-refractivity contribution in [2.24, 2.45) is 0 Å². The van der Waals surface area contributed by atoms with E-state index in [2.05, 4.69) is 78.8 Å². The van der Waals surface area contributed by atoms with Crippen molar-refractivity contribution in [2.45, 2.75) is 0 Å². The fraction of sp³-hybridized carbons (Fsp3) is 0. The molecule has 0 saturated heterocycles. The Kier molecular flexibility index (Phi) is 3.97. The molecule has 0 spiro atoms. The van der Waals surface area contributed by atoms with Gasteiger partial charge in [-0.05, 0) is 90.0 Å². The van der Waals surface area contributed by atoms with Gasteiger partial charge in [-0.3, -0.25) is 0 Å². The van der Waals surface area contributed by atoms with Crippen molar-refractivity contribution in [3.8, 4) is 22.3 Å². The number of rotatable bonds is 2. The minimum atomic E-state index is 1.36. The van der Waals surface area contributed by atoms with Crippen LogP contribution in [0.25, 0.3) is 31.7 Å². The molecule has 0 atom stereocenters. The number of thiophene rings is 4. The molecule has 0 aliphatic heterocycles. The first-order valence-corrected chi connectivity index (χ1v) is 11.4. The first kappa shape index (κ1) is 14.1. The maximum atomic E-state index is 2.49. The molecule has 0 nitrogen and oxygen atoms in total. The van der Waals surface area contributed by atoms with Gasteiger partial charge in [0.15, 0.2) is 0 Å². The second-order valence-corrected chi connectivity index (χ2v) is 11.4. The van der Waals surface area contributed by atoms with Crippen molar-refractivity contribution in [2.75, 3.05) is 0 Å². The fourth-order valence-corrected chi connectivity index (χ4v) is 8.74. The van der Waals surface area contributed by atoms with Crippen LogP contribution >= 0.6 is 90.5 Å². The SMILES string of the molecule is Ic1sc2c(-c3ccsc3)c(I)sc2c1-c1ccsc1. The van der Waals surface area contributed by atoms with E-state index in [-0.39, 0.29) is 0 Å². The van der Waals surface area contributed by atoms with Gasteiger partial charge in [-0.15, -0.1) is 22.7 Å². The zero-order chi connectivity index (χ0) is 13.7. The number of fused-ring (bicyclic) bond motifs is 1. The van der Waals surface area contributed by atoms with E-state index in [1.807, 2.05) is 22.7 Å². The highest BCUT2D eigenvalue weighted by atomic mass is 127. The molecular weight excluding hydrogens is 550 g/mol. The third kappa shape index (κ3) is 2.23. The molecular formula is C14H6I2S4. The van der Waals surface area contributed by atoms with E-state index in [0.29, 0.717) is 0 Å². The van der Waals surface area contributed by atoms with Gasteiger partial charge >= 0.3 is 0 Å². The Morgan fingerprint density at radius 3 is 1.50 bits per heavy atom. The fourth-order valence-electron chi connectivity index (χ4n) is 2.18. The summed E-state index contributed by atoms with van der Waals surface area (Å²) >= 11 is 12.4. The number of hydrogen-bond donors (Lipinski definition) is 0. The standard InChI is InChI=1S/C14H6I2S4/c15-13-9(7-1-3-17-5-7)11-12(20-13)10(14(16)19-11)8-2-4-18-6-8/h1-6H. The third-order valence-corrected chi connectivity index (χ3v) is 8.94. The molecule has 20 heavy (non-hydrogen) atoms. The summed E-state index contributed by atoms with van der Waals surface area (Å²) in [4.78, 5) is 0. The molecule has 0 amide bonds. The lowest BCUT2D eigenvalue weighted by molar-refractivity contribution is 1.86. The summed E-state index contributed by atoms with van der Waals surface area (Å²) in [5.41, 5.74) is 5.58. The number of hydrogen-bond acceptors (Lipinski definition) is 4. The van der Waals surface area contributed by atoms with Crippen LogP contribution in [0.4, 0.5) is 0 Å². The maximum Gasteiger partial charge on any atom is 0.0753 e. The third-order valence-electron chi connectivity index (χ3n) is 3.06. The highest BCUT2D eigenvalue weighted by molar-refractivity contribution is 14.1. The Balaban J connectivity index is 2.05. The average molecular weight is 556 g/mol. The molecule has 0 aliphatic rings. The Bertz CT molecular complexity index is 792. The molecule has 0 aliphatic carbocycles. The van der Waals surface area contributed by atoms with Crippen LogP contribution in [-0.2, 0) is 0 Å². The maximum absolute atomic E-state index is 2.49. The van der Waals surface area contributed by atoms with E-state index < -0.39 is 0 Å². The van der Waals surface area contributed by atoms with Gasteiger partial charge in [0.1, 0.15) is 0 Å². The van der Waals surface area contributed by atoms with E-state index in [9.17, 15) is 0 Å². The molecule has 0 unspecified atom stereocenters. The first-order chi connectivity index (χ1) is 9.75. The van der Waals surface area contributed by atoms with E-state index in [1.54, 1.807) is 22.7 Å². The lowest BCUT2D eigenvalue weighted by Gasteiger charge is -1.94. The molecule has 4 heterocycles. The molecule has 0 bridgehead atoms. The Morgan fingerprint density at radius 1 is 0.700 bits per heavy atom. The molecule has 0 aromatic carbocycles. The smallest absolute Gasteiger partial charge is 0.0753 e. The van der Waals surface area contributed by atoms with Gasteiger partial charge in [0, 0.05) is 11.1 Å². The molecule has 0 radical (unpaired) electrons. The molecule has 0 N–H and O–H groups in total. The predicted octanol–water partition coefficient (Wildman–Crippen LogP) is 7.63. The van der Waals surface area contributed by atoms with Crippen LogP contribution in [0.5, 0.6) is 0 Å². The van der Waals surface area contributed by atoms with Crippen LogP contribution in [0.2, 0.25) is 0 Å². The van der Waals surface area contributed by atoms with Crippen LogP contribution in [0.1, 0.15) is 0 Å². The van der Waals surface area contributed by atoms with Crippen LogP contribution in [0.3, 0.4) is 0 Å². The van der Waals surface area contributed by atoms with Gasteiger partial charge in [-0.25, -0.2) is 0 Å². The second kappa shape index (κ2) is 5.62. The van der Waals surface area contributed by atoms with Crippen molar-refractivity contribution in [3.63, 3.8) is 0 Å². The summed E-state index contributed by atoms with van der Waals surface area (Å²) in [6.07, 6.45) is 0. The van der Waals surface area contributed by atoms with E-state index >= 15 is 0 Å². The number of halogens is 2. The van der Waals surface area contributed by atoms with Crippen LogP contribution in [0, 0.1) is 5.77 Å². The van der Waals surface area contributed by atoms with Crippen molar-refractivity contribution in [3.05, 3.63) is 39.4 Å². The van der Waals surface area contributed by atoms with Crippen molar-refractivity contribution in [1.82, 2.24) is 0 Å². The van der Waals surface area contributed by atoms with Gasteiger partial charge in [0.2, 0.25) is 0 Å². The van der Waals surface area contributed by atoms with E-state index in [4.69, 9.17) is 0 Å². The zero-order valence-corrected chi connectivity index (χ0v) is 17.4. The Hall–Kier alpha value is 0.520. The largest absolute Gasteiger partial charge is 0.152 e. The Labute approximate surface area is 159 Å². The van der Waals surface area contributed by atoms with Crippen molar-refractivity contribution in [1.29, 1.82) is 0 Å². The van der Waals surface area contributed by atoms with Crippen LogP contribution in [0.15, 0.2) is 33.7 Å². The lowest BCUT2D eigenvalue weighted by atomic mass is 10.1. The van der Waals surface area contributed by atoms with Gasteiger partial charge in [-0.1, -0.05) is 0 Å². The zero-order valence-electron chi connectivity index (χ0n) is 9.85. The molecule has 4 rings (SSSR count). The quantitative estimate of drug-likeness (QED) is 0.223.